The normalized spacial score (nSPS) is 19.8. The Kier molecular flexibility index (Phi) is 5.70. The minimum atomic E-state index is 0. The van der Waals surface area contributed by atoms with Gasteiger partial charge in [-0.05, 0) is 55.5 Å². The number of likely N-dealkylation sites (tertiary alicyclic amines) is 1. The van der Waals surface area contributed by atoms with Gasteiger partial charge < -0.3 is 15.0 Å². The van der Waals surface area contributed by atoms with Gasteiger partial charge in [-0.15, -0.1) is 12.4 Å². The monoisotopic (exact) mass is 324 g/mol. The van der Waals surface area contributed by atoms with Crippen molar-refractivity contribution < 1.29 is 9.53 Å². The fraction of sp³-hybridized carbons (Fsp3) is 0.588. The van der Waals surface area contributed by atoms with E-state index in [4.69, 9.17) is 4.74 Å². The van der Waals surface area contributed by atoms with Crippen LogP contribution in [0.25, 0.3) is 0 Å². The first-order valence-electron chi connectivity index (χ1n) is 7.82. The molecule has 0 aliphatic carbocycles. The van der Waals surface area contributed by atoms with E-state index in [9.17, 15) is 4.79 Å². The van der Waals surface area contributed by atoms with E-state index in [1.54, 1.807) is 7.11 Å². The number of carbonyl (C=O) groups is 1. The predicted molar refractivity (Wildman–Crippen MR) is 89.7 cm³/mol. The molecule has 4 nitrogen and oxygen atoms in total. The van der Waals surface area contributed by atoms with E-state index in [0.717, 1.165) is 37.5 Å². The zero-order valence-corrected chi connectivity index (χ0v) is 14.0. The molecule has 1 N–H and O–H groups in total. The maximum atomic E-state index is 12.5. The molecule has 1 aromatic rings. The Morgan fingerprint density at radius 1 is 1.32 bits per heavy atom. The molecular weight excluding hydrogens is 300 g/mol. The van der Waals surface area contributed by atoms with Crippen molar-refractivity contribution in [2.45, 2.75) is 25.7 Å². The highest BCUT2D eigenvalue weighted by molar-refractivity contribution is 5.85. The van der Waals surface area contributed by atoms with E-state index in [0.29, 0.717) is 11.8 Å². The Labute approximate surface area is 138 Å². The van der Waals surface area contributed by atoms with Gasteiger partial charge in [0.15, 0.2) is 0 Å². The standard InChI is InChI=1S/C17H24N2O2.ClH/c1-21-15-4-2-3-14(11-15)12-16(20)19-10-7-17(13-19)5-8-18-9-6-17;/h2-4,11,18H,5-10,12-13H2,1H3;1H. The molecule has 0 saturated carbocycles. The number of hydrogen-bond acceptors (Lipinski definition) is 3. The van der Waals surface area contributed by atoms with Crippen LogP contribution in [-0.4, -0.2) is 44.1 Å². The van der Waals surface area contributed by atoms with Crippen LogP contribution in [0.3, 0.4) is 0 Å². The third-order valence-electron chi connectivity index (χ3n) is 4.94. The summed E-state index contributed by atoms with van der Waals surface area (Å²) < 4.78 is 5.22. The summed E-state index contributed by atoms with van der Waals surface area (Å²) in [4.78, 5) is 14.6. The molecule has 0 unspecified atom stereocenters. The average molecular weight is 325 g/mol. The molecule has 122 valence electrons. The summed E-state index contributed by atoms with van der Waals surface area (Å²) in [6, 6.07) is 7.80. The summed E-state index contributed by atoms with van der Waals surface area (Å²) in [7, 11) is 1.66. The van der Waals surface area contributed by atoms with Gasteiger partial charge in [-0.25, -0.2) is 0 Å². The topological polar surface area (TPSA) is 41.6 Å². The lowest BCUT2D eigenvalue weighted by molar-refractivity contribution is -0.129. The molecule has 0 aromatic heterocycles. The summed E-state index contributed by atoms with van der Waals surface area (Å²) in [6.45, 7) is 4.05. The van der Waals surface area contributed by atoms with Crippen molar-refractivity contribution in [3.8, 4) is 5.75 Å². The van der Waals surface area contributed by atoms with Crippen LogP contribution in [0.2, 0.25) is 0 Å². The number of benzene rings is 1. The Bertz CT molecular complexity index is 515. The summed E-state index contributed by atoms with van der Waals surface area (Å²) >= 11 is 0. The summed E-state index contributed by atoms with van der Waals surface area (Å²) in [6.07, 6.45) is 4.05. The maximum Gasteiger partial charge on any atom is 0.227 e. The van der Waals surface area contributed by atoms with Crippen LogP contribution >= 0.6 is 12.4 Å². The lowest BCUT2D eigenvalue weighted by atomic mass is 9.78. The highest BCUT2D eigenvalue weighted by Gasteiger charge is 2.40. The van der Waals surface area contributed by atoms with Crippen molar-refractivity contribution in [3.63, 3.8) is 0 Å². The summed E-state index contributed by atoms with van der Waals surface area (Å²) in [5, 5.41) is 3.42. The molecule has 1 amide bonds. The fourth-order valence-electron chi connectivity index (χ4n) is 3.58. The number of ether oxygens (including phenoxy) is 1. The summed E-state index contributed by atoms with van der Waals surface area (Å²) in [5.74, 6) is 1.07. The Morgan fingerprint density at radius 3 is 2.82 bits per heavy atom. The van der Waals surface area contributed by atoms with Gasteiger partial charge in [0.1, 0.15) is 5.75 Å². The van der Waals surface area contributed by atoms with Gasteiger partial charge in [-0.3, -0.25) is 4.79 Å². The molecule has 2 aliphatic rings. The van der Waals surface area contributed by atoms with Gasteiger partial charge in [0.25, 0.3) is 0 Å². The quantitative estimate of drug-likeness (QED) is 0.927. The molecule has 0 radical (unpaired) electrons. The SMILES string of the molecule is COc1cccc(CC(=O)N2CCC3(CCNCC3)C2)c1.Cl. The number of rotatable bonds is 3. The first kappa shape index (κ1) is 17.1. The third kappa shape index (κ3) is 3.73. The Morgan fingerprint density at radius 2 is 2.09 bits per heavy atom. The highest BCUT2D eigenvalue weighted by Crippen LogP contribution is 2.38. The third-order valence-corrected chi connectivity index (χ3v) is 4.94. The minimum absolute atomic E-state index is 0. The van der Waals surface area contributed by atoms with Crippen molar-refractivity contribution >= 4 is 18.3 Å². The number of nitrogens with zero attached hydrogens (tertiary/aromatic N) is 1. The number of halogens is 1. The van der Waals surface area contributed by atoms with Crippen LogP contribution in [0.1, 0.15) is 24.8 Å². The second-order valence-corrected chi connectivity index (χ2v) is 6.34. The second-order valence-electron chi connectivity index (χ2n) is 6.34. The highest BCUT2D eigenvalue weighted by atomic mass is 35.5. The maximum absolute atomic E-state index is 12.5. The van der Waals surface area contributed by atoms with Crippen molar-refractivity contribution in [2.75, 3.05) is 33.3 Å². The van der Waals surface area contributed by atoms with E-state index in [1.807, 2.05) is 24.3 Å². The largest absolute Gasteiger partial charge is 0.497 e. The van der Waals surface area contributed by atoms with Crippen LogP contribution in [-0.2, 0) is 11.2 Å². The number of carbonyl (C=O) groups excluding carboxylic acids is 1. The molecule has 2 fully saturated rings. The van der Waals surface area contributed by atoms with E-state index in [2.05, 4.69) is 10.2 Å². The first-order chi connectivity index (χ1) is 10.2. The number of piperidine rings is 1. The molecular formula is C17H25ClN2O2. The Hall–Kier alpha value is -1.26. The van der Waals surface area contributed by atoms with Crippen LogP contribution in [0, 0.1) is 5.41 Å². The molecule has 2 saturated heterocycles. The van der Waals surface area contributed by atoms with Gasteiger partial charge in [0.2, 0.25) is 5.91 Å². The minimum Gasteiger partial charge on any atom is -0.497 e. The molecule has 1 aromatic carbocycles. The Balaban J connectivity index is 0.00000176. The van der Waals surface area contributed by atoms with Gasteiger partial charge in [-0.2, -0.15) is 0 Å². The molecule has 0 bridgehead atoms. The number of methoxy groups -OCH3 is 1. The molecule has 2 aliphatic heterocycles. The second kappa shape index (κ2) is 7.34. The molecule has 5 heteroatoms. The van der Waals surface area contributed by atoms with Gasteiger partial charge in [0, 0.05) is 13.1 Å². The van der Waals surface area contributed by atoms with Crippen LogP contribution in [0.15, 0.2) is 24.3 Å². The molecule has 2 heterocycles. The van der Waals surface area contributed by atoms with Crippen molar-refractivity contribution in [1.29, 1.82) is 0 Å². The lowest BCUT2D eigenvalue weighted by Gasteiger charge is -2.33. The lowest BCUT2D eigenvalue weighted by Crippen LogP contribution is -2.40. The van der Waals surface area contributed by atoms with Crippen molar-refractivity contribution in [1.82, 2.24) is 10.2 Å². The zero-order valence-electron chi connectivity index (χ0n) is 13.1. The number of amides is 1. The van der Waals surface area contributed by atoms with E-state index >= 15 is 0 Å². The van der Waals surface area contributed by atoms with E-state index < -0.39 is 0 Å². The van der Waals surface area contributed by atoms with Crippen molar-refractivity contribution in [3.05, 3.63) is 29.8 Å². The molecule has 0 atom stereocenters. The van der Waals surface area contributed by atoms with E-state index in [-0.39, 0.29) is 18.3 Å². The fourth-order valence-corrected chi connectivity index (χ4v) is 3.58. The van der Waals surface area contributed by atoms with Crippen molar-refractivity contribution in [2.24, 2.45) is 5.41 Å². The first-order valence-corrected chi connectivity index (χ1v) is 7.82. The number of hydrogen-bond donors (Lipinski definition) is 1. The summed E-state index contributed by atoms with van der Waals surface area (Å²) in [5.41, 5.74) is 1.42. The molecule has 1 spiro atoms. The molecule has 3 rings (SSSR count). The molecule has 22 heavy (non-hydrogen) atoms. The van der Waals surface area contributed by atoms with Gasteiger partial charge in [-0.1, -0.05) is 12.1 Å². The number of nitrogens with one attached hydrogen (secondary N) is 1. The zero-order chi connectivity index (χ0) is 14.7. The van der Waals surface area contributed by atoms with Crippen LogP contribution in [0.5, 0.6) is 5.75 Å². The van der Waals surface area contributed by atoms with E-state index in [1.165, 1.54) is 19.3 Å². The predicted octanol–water partition coefficient (Wildman–Crippen LogP) is 2.26. The van der Waals surface area contributed by atoms with Gasteiger partial charge >= 0.3 is 0 Å². The van der Waals surface area contributed by atoms with Crippen LogP contribution in [0.4, 0.5) is 0 Å². The van der Waals surface area contributed by atoms with Crippen LogP contribution < -0.4 is 10.1 Å². The van der Waals surface area contributed by atoms with Gasteiger partial charge in [0.05, 0.1) is 13.5 Å². The average Bonchev–Trinajstić information content (AvgIpc) is 2.92. The smallest absolute Gasteiger partial charge is 0.227 e.